The summed E-state index contributed by atoms with van der Waals surface area (Å²) in [4.78, 5) is 18.4. The first-order chi connectivity index (χ1) is 20.0. The molecule has 0 aliphatic rings. The summed E-state index contributed by atoms with van der Waals surface area (Å²) < 4.78 is 29.4. The van der Waals surface area contributed by atoms with Crippen molar-refractivity contribution in [1.29, 1.82) is 0 Å². The van der Waals surface area contributed by atoms with E-state index >= 15 is 0 Å². The van der Waals surface area contributed by atoms with E-state index in [1.165, 1.54) is 21.9 Å². The molecular weight excluding hydrogens is 541 g/mol. The van der Waals surface area contributed by atoms with Crippen LogP contribution in [0.4, 0.5) is 4.39 Å². The average Bonchev–Trinajstić information content (AvgIpc) is 3.68. The minimum absolute atomic E-state index is 0.194. The van der Waals surface area contributed by atoms with E-state index in [0.29, 0.717) is 45.4 Å². The molecule has 0 saturated heterocycles. The Hall–Kier alpha value is -4.83. The van der Waals surface area contributed by atoms with Gasteiger partial charge in [0.05, 0.1) is 23.4 Å². The van der Waals surface area contributed by atoms with Crippen LogP contribution in [0.2, 0.25) is 0 Å². The highest BCUT2D eigenvalue weighted by atomic mass is 32.1. The van der Waals surface area contributed by atoms with Crippen molar-refractivity contribution in [3.8, 4) is 39.8 Å². The molecule has 3 aromatic heterocycles. The minimum atomic E-state index is -0.471. The second-order valence-corrected chi connectivity index (χ2v) is 10.2. The van der Waals surface area contributed by atoms with Crippen LogP contribution in [0.5, 0.6) is 11.5 Å². The molecule has 6 aromatic rings. The maximum absolute atomic E-state index is 14.9. The van der Waals surface area contributed by atoms with E-state index in [2.05, 4.69) is 10.1 Å². The molecule has 0 radical (unpaired) electrons. The zero-order valence-corrected chi connectivity index (χ0v) is 23.3. The van der Waals surface area contributed by atoms with Gasteiger partial charge in [-0.25, -0.2) is 9.07 Å². The number of benzene rings is 3. The molecule has 0 unspecified atom stereocenters. The summed E-state index contributed by atoms with van der Waals surface area (Å²) in [5.41, 5.74) is 3.09. The lowest BCUT2D eigenvalue weighted by atomic mass is 10.1. The largest absolute Gasteiger partial charge is 0.494 e. The van der Waals surface area contributed by atoms with Crippen LogP contribution < -0.4 is 19.6 Å². The Balaban J connectivity index is 1.41. The second-order valence-electron chi connectivity index (χ2n) is 9.21. The number of halogens is 1. The van der Waals surface area contributed by atoms with Crippen LogP contribution in [0.15, 0.2) is 83.8 Å². The smallest absolute Gasteiger partial charge is 0.291 e. The van der Waals surface area contributed by atoms with Crippen LogP contribution in [-0.4, -0.2) is 37.6 Å². The Morgan fingerprint density at radius 2 is 1.73 bits per heavy atom. The fraction of sp³-hybridized carbons (Fsp3) is 0.161. The van der Waals surface area contributed by atoms with Gasteiger partial charge < -0.3 is 9.47 Å². The van der Waals surface area contributed by atoms with E-state index < -0.39 is 5.82 Å². The molecule has 0 N–H and O–H groups in total. The van der Waals surface area contributed by atoms with Gasteiger partial charge in [0, 0.05) is 22.9 Å². The lowest BCUT2D eigenvalue weighted by Gasteiger charge is -2.07. The predicted octanol–water partition coefficient (Wildman–Crippen LogP) is 5.55. The predicted molar refractivity (Wildman–Crippen MR) is 157 cm³/mol. The molecule has 6 rings (SSSR count). The number of fused-ring (bicyclic) bond motifs is 1. The number of nitrogens with zero attached hydrogens (tertiary/aromatic N) is 5. The van der Waals surface area contributed by atoms with E-state index in [1.54, 1.807) is 22.9 Å². The van der Waals surface area contributed by atoms with Crippen LogP contribution in [0, 0.1) is 5.82 Å². The van der Waals surface area contributed by atoms with Crippen molar-refractivity contribution < 1.29 is 13.9 Å². The van der Waals surface area contributed by atoms with Crippen LogP contribution in [0.1, 0.15) is 25.8 Å². The van der Waals surface area contributed by atoms with Crippen molar-refractivity contribution >= 4 is 22.4 Å². The summed E-state index contributed by atoms with van der Waals surface area (Å²) in [5, 5.41) is 9.22. The second kappa shape index (κ2) is 11.3. The monoisotopic (exact) mass is 567 g/mol. The lowest BCUT2D eigenvalue weighted by Crippen LogP contribution is -2.23. The average molecular weight is 568 g/mol. The molecule has 0 saturated carbocycles. The van der Waals surface area contributed by atoms with E-state index in [1.807, 2.05) is 74.6 Å². The van der Waals surface area contributed by atoms with Gasteiger partial charge in [-0.15, -0.1) is 5.10 Å². The van der Waals surface area contributed by atoms with Gasteiger partial charge >= 0.3 is 0 Å². The molecule has 0 amide bonds. The first kappa shape index (κ1) is 26.4. The van der Waals surface area contributed by atoms with Crippen molar-refractivity contribution in [2.24, 2.45) is 0 Å². The van der Waals surface area contributed by atoms with Crippen molar-refractivity contribution in [2.75, 3.05) is 13.2 Å². The molecule has 3 aromatic carbocycles. The number of ether oxygens (including phenoxy) is 2. The standard InChI is InChI=1S/C31H26FN5O3S/c1-3-16-40-26-15-12-21(17-25(26)32)28-22(19-36(34-28)23-8-6-5-7-9-23)18-27-30(38)37-31(41-27)33-29(35-37)20-10-13-24(14-11-20)39-4-2/h5-15,17-19H,3-4,16H2,1-2H3/b27-18-. The normalized spacial score (nSPS) is 11.8. The van der Waals surface area contributed by atoms with Gasteiger partial charge in [-0.1, -0.05) is 36.5 Å². The molecule has 3 heterocycles. The summed E-state index contributed by atoms with van der Waals surface area (Å²) in [6.45, 7) is 4.90. The highest BCUT2D eigenvalue weighted by Gasteiger charge is 2.16. The van der Waals surface area contributed by atoms with Crippen LogP contribution in [0.3, 0.4) is 0 Å². The van der Waals surface area contributed by atoms with Crippen LogP contribution >= 0.6 is 11.3 Å². The number of thiazole rings is 1. The number of para-hydroxylation sites is 1. The van der Waals surface area contributed by atoms with Gasteiger partial charge in [-0.05, 0) is 74.0 Å². The Bertz CT molecular complexity index is 1930. The third-order valence-corrected chi connectivity index (χ3v) is 7.28. The SMILES string of the molecule is CCCOc1ccc(-c2nn(-c3ccccc3)cc2/C=c2\sc3nc(-c4ccc(OCC)cc4)nn3c2=O)cc1F. The Morgan fingerprint density at radius 3 is 2.44 bits per heavy atom. The third-order valence-electron chi connectivity index (χ3n) is 6.32. The molecule has 0 atom stereocenters. The van der Waals surface area contributed by atoms with Crippen molar-refractivity contribution in [1.82, 2.24) is 24.4 Å². The van der Waals surface area contributed by atoms with Crippen LogP contribution in [0.25, 0.3) is 39.4 Å². The van der Waals surface area contributed by atoms with Gasteiger partial charge in [0.25, 0.3) is 5.56 Å². The van der Waals surface area contributed by atoms with E-state index in [0.717, 1.165) is 23.4 Å². The van der Waals surface area contributed by atoms with Crippen molar-refractivity contribution in [3.63, 3.8) is 0 Å². The van der Waals surface area contributed by atoms with E-state index in [-0.39, 0.29) is 11.3 Å². The quantitative estimate of drug-likeness (QED) is 0.228. The Kier molecular flexibility index (Phi) is 7.30. The van der Waals surface area contributed by atoms with Crippen molar-refractivity contribution in [2.45, 2.75) is 20.3 Å². The maximum atomic E-state index is 14.9. The fourth-order valence-corrected chi connectivity index (χ4v) is 5.27. The molecule has 0 spiro atoms. The van der Waals surface area contributed by atoms with E-state index in [9.17, 15) is 9.18 Å². The van der Waals surface area contributed by atoms with Gasteiger partial charge in [-0.2, -0.15) is 14.6 Å². The topological polar surface area (TPSA) is 83.5 Å². The third kappa shape index (κ3) is 5.33. The maximum Gasteiger partial charge on any atom is 0.291 e. The Labute approximate surface area is 238 Å². The van der Waals surface area contributed by atoms with E-state index in [4.69, 9.17) is 14.6 Å². The molecule has 0 fully saturated rings. The highest BCUT2D eigenvalue weighted by molar-refractivity contribution is 7.15. The first-order valence-electron chi connectivity index (χ1n) is 13.3. The lowest BCUT2D eigenvalue weighted by molar-refractivity contribution is 0.301. The Morgan fingerprint density at radius 1 is 0.951 bits per heavy atom. The molecule has 206 valence electrons. The number of rotatable bonds is 9. The fourth-order valence-electron chi connectivity index (χ4n) is 4.37. The van der Waals surface area contributed by atoms with Gasteiger partial charge in [0.2, 0.25) is 4.96 Å². The molecule has 0 bridgehead atoms. The zero-order valence-electron chi connectivity index (χ0n) is 22.5. The van der Waals surface area contributed by atoms with Gasteiger partial charge in [-0.3, -0.25) is 4.79 Å². The summed E-state index contributed by atoms with van der Waals surface area (Å²) in [7, 11) is 0. The highest BCUT2D eigenvalue weighted by Crippen LogP contribution is 2.29. The minimum Gasteiger partial charge on any atom is -0.494 e. The summed E-state index contributed by atoms with van der Waals surface area (Å²) in [6.07, 6.45) is 4.35. The van der Waals surface area contributed by atoms with Gasteiger partial charge in [0.1, 0.15) is 11.4 Å². The number of hydrogen-bond acceptors (Lipinski definition) is 7. The molecule has 0 aliphatic carbocycles. The van der Waals surface area contributed by atoms with Crippen LogP contribution in [-0.2, 0) is 0 Å². The number of hydrogen-bond donors (Lipinski definition) is 0. The van der Waals surface area contributed by atoms with Gasteiger partial charge in [0.15, 0.2) is 17.4 Å². The zero-order chi connectivity index (χ0) is 28.3. The first-order valence-corrected chi connectivity index (χ1v) is 14.1. The molecule has 8 nitrogen and oxygen atoms in total. The molecule has 0 aliphatic heterocycles. The summed E-state index contributed by atoms with van der Waals surface area (Å²) in [6, 6.07) is 21.8. The molecule has 10 heteroatoms. The summed E-state index contributed by atoms with van der Waals surface area (Å²) in [5.74, 6) is 0.940. The number of aromatic nitrogens is 5. The molecule has 41 heavy (non-hydrogen) atoms. The molecular formula is C31H26FN5O3S. The van der Waals surface area contributed by atoms with Crippen molar-refractivity contribution in [3.05, 3.63) is 105 Å². The summed E-state index contributed by atoms with van der Waals surface area (Å²) >= 11 is 1.23.